The molecule has 1 heteroatoms. The highest BCUT2D eigenvalue weighted by Crippen LogP contribution is 2.45. The number of fused-ring (bicyclic) bond motifs is 3. The van der Waals surface area contributed by atoms with Gasteiger partial charge in [-0.25, -0.2) is 0 Å². The Labute approximate surface area is 139 Å². The van der Waals surface area contributed by atoms with Crippen LogP contribution in [0.4, 0.5) is 0 Å². The third-order valence-electron chi connectivity index (χ3n) is 5.54. The fourth-order valence-electron chi connectivity index (χ4n) is 4.15. The largest absolute Gasteiger partial charge is 0.494 e. The number of hydrogen-bond acceptors (Lipinski definition) is 1. The van der Waals surface area contributed by atoms with Crippen LogP contribution in [-0.2, 0) is 0 Å². The molecular formula is C22H26O. The van der Waals surface area contributed by atoms with Gasteiger partial charge in [-0.05, 0) is 84.0 Å². The summed E-state index contributed by atoms with van der Waals surface area (Å²) in [5.41, 5.74) is 3.05. The van der Waals surface area contributed by atoms with Crippen molar-refractivity contribution >= 4 is 16.3 Å². The molecule has 0 aromatic heterocycles. The van der Waals surface area contributed by atoms with Crippen LogP contribution in [-0.4, -0.2) is 6.61 Å². The normalized spacial score (nSPS) is 23.1. The van der Waals surface area contributed by atoms with Crippen LogP contribution < -0.4 is 4.74 Å². The molecule has 0 unspecified atom stereocenters. The third-order valence-corrected chi connectivity index (χ3v) is 5.54. The average Bonchev–Trinajstić information content (AvgIpc) is 2.62. The fraction of sp³-hybridized carbons (Fsp3) is 0.455. The van der Waals surface area contributed by atoms with Crippen LogP contribution in [0.15, 0.2) is 42.5 Å². The first-order valence-corrected chi connectivity index (χ1v) is 9.22. The average molecular weight is 306 g/mol. The Morgan fingerprint density at radius 3 is 2.48 bits per heavy atom. The lowest BCUT2D eigenvalue weighted by molar-refractivity contribution is 0.310. The molecule has 2 aromatic rings. The zero-order chi connectivity index (χ0) is 15.6. The lowest BCUT2D eigenvalue weighted by Gasteiger charge is -2.35. The summed E-state index contributed by atoms with van der Waals surface area (Å²) < 4.78 is 5.83. The number of ether oxygens (including phenoxy) is 1. The summed E-state index contributed by atoms with van der Waals surface area (Å²) >= 11 is 0. The second kappa shape index (κ2) is 6.39. The zero-order valence-electron chi connectivity index (χ0n) is 14.1. The summed E-state index contributed by atoms with van der Waals surface area (Å²) in [6.45, 7) is 3.01. The van der Waals surface area contributed by atoms with Gasteiger partial charge in [0.1, 0.15) is 5.75 Å². The van der Waals surface area contributed by atoms with Gasteiger partial charge in [-0.2, -0.15) is 0 Å². The van der Waals surface area contributed by atoms with E-state index in [1.165, 1.54) is 48.4 Å². The summed E-state index contributed by atoms with van der Waals surface area (Å²) in [5.74, 6) is 2.63. The number of allylic oxidation sites excluding steroid dienone is 2. The smallest absolute Gasteiger partial charge is 0.119 e. The molecule has 1 fully saturated rings. The molecule has 0 N–H and O–H groups in total. The molecule has 2 bridgehead atoms. The Balaban J connectivity index is 1.60. The van der Waals surface area contributed by atoms with Crippen molar-refractivity contribution in [1.29, 1.82) is 0 Å². The standard InChI is InChI=1S/C22H26O/c1-2-3-12-23-21-11-10-18-14-20(9-8-19(18)15-21)22-13-16-4-6-17(22)7-5-16/h8-11,13-17H,2-7,12H2,1H3. The highest BCUT2D eigenvalue weighted by atomic mass is 16.5. The summed E-state index contributed by atoms with van der Waals surface area (Å²) in [6, 6.07) is 13.4. The van der Waals surface area contributed by atoms with Gasteiger partial charge in [0.15, 0.2) is 0 Å². The van der Waals surface area contributed by atoms with E-state index in [1.54, 1.807) is 5.57 Å². The lowest BCUT2D eigenvalue weighted by Crippen LogP contribution is -2.20. The van der Waals surface area contributed by atoms with Crippen LogP contribution in [0.2, 0.25) is 0 Å². The van der Waals surface area contributed by atoms with Crippen molar-refractivity contribution in [3.8, 4) is 5.75 Å². The third kappa shape index (κ3) is 3.02. The van der Waals surface area contributed by atoms with E-state index in [0.29, 0.717) is 0 Å². The molecule has 1 nitrogen and oxygen atoms in total. The van der Waals surface area contributed by atoms with Crippen molar-refractivity contribution in [3.05, 3.63) is 48.0 Å². The quantitative estimate of drug-likeness (QED) is 0.596. The van der Waals surface area contributed by atoms with E-state index in [9.17, 15) is 0 Å². The molecule has 0 heterocycles. The van der Waals surface area contributed by atoms with Gasteiger partial charge in [-0.15, -0.1) is 0 Å². The van der Waals surface area contributed by atoms with Crippen molar-refractivity contribution in [2.45, 2.75) is 45.4 Å². The molecule has 0 atom stereocenters. The van der Waals surface area contributed by atoms with E-state index in [2.05, 4.69) is 49.4 Å². The predicted molar refractivity (Wildman–Crippen MR) is 97.8 cm³/mol. The number of hydrogen-bond donors (Lipinski definition) is 0. The maximum absolute atomic E-state index is 5.83. The summed E-state index contributed by atoms with van der Waals surface area (Å²) in [7, 11) is 0. The van der Waals surface area contributed by atoms with Gasteiger partial charge in [-0.3, -0.25) is 0 Å². The molecule has 2 aromatic carbocycles. The molecular weight excluding hydrogens is 280 g/mol. The van der Waals surface area contributed by atoms with Gasteiger partial charge in [-0.1, -0.05) is 37.6 Å². The van der Waals surface area contributed by atoms with Gasteiger partial charge in [0, 0.05) is 0 Å². The lowest BCUT2D eigenvalue weighted by atomic mass is 9.70. The molecule has 3 aliphatic rings. The molecule has 0 radical (unpaired) electrons. The molecule has 23 heavy (non-hydrogen) atoms. The van der Waals surface area contributed by atoms with Gasteiger partial charge in [0.2, 0.25) is 0 Å². The molecule has 3 aliphatic carbocycles. The molecule has 0 aliphatic heterocycles. The Morgan fingerprint density at radius 2 is 1.74 bits per heavy atom. The van der Waals surface area contributed by atoms with Crippen LogP contribution in [0.3, 0.4) is 0 Å². The maximum Gasteiger partial charge on any atom is 0.119 e. The molecule has 1 saturated carbocycles. The Bertz CT molecular complexity index is 720. The first-order chi connectivity index (χ1) is 11.3. The van der Waals surface area contributed by atoms with E-state index in [0.717, 1.165) is 30.6 Å². The minimum atomic E-state index is 0.800. The Morgan fingerprint density at radius 1 is 0.957 bits per heavy atom. The van der Waals surface area contributed by atoms with Crippen LogP contribution in [0, 0.1) is 11.8 Å². The van der Waals surface area contributed by atoms with Gasteiger partial charge >= 0.3 is 0 Å². The number of benzene rings is 2. The van der Waals surface area contributed by atoms with E-state index in [4.69, 9.17) is 4.74 Å². The second-order valence-corrected chi connectivity index (χ2v) is 7.16. The summed E-state index contributed by atoms with van der Waals surface area (Å²) in [5, 5.41) is 2.61. The maximum atomic E-state index is 5.83. The highest BCUT2D eigenvalue weighted by Gasteiger charge is 2.29. The van der Waals surface area contributed by atoms with Crippen molar-refractivity contribution in [2.75, 3.05) is 6.61 Å². The first-order valence-electron chi connectivity index (χ1n) is 9.22. The van der Waals surface area contributed by atoms with E-state index >= 15 is 0 Å². The Hall–Kier alpha value is -1.76. The minimum absolute atomic E-state index is 0.800. The predicted octanol–water partition coefficient (Wildman–Crippen LogP) is 6.22. The first kappa shape index (κ1) is 14.8. The number of rotatable bonds is 5. The van der Waals surface area contributed by atoms with Crippen LogP contribution in [0.5, 0.6) is 5.75 Å². The highest BCUT2D eigenvalue weighted by molar-refractivity contribution is 5.88. The molecule has 5 rings (SSSR count). The SMILES string of the molecule is CCCCOc1ccc2cc(C3=CC4CCC3CC4)ccc2c1. The van der Waals surface area contributed by atoms with Crippen LogP contribution >= 0.6 is 0 Å². The second-order valence-electron chi connectivity index (χ2n) is 7.16. The van der Waals surface area contributed by atoms with Crippen LogP contribution in [0.1, 0.15) is 51.0 Å². The van der Waals surface area contributed by atoms with E-state index in [1.807, 2.05) is 0 Å². The van der Waals surface area contributed by atoms with Crippen molar-refractivity contribution in [2.24, 2.45) is 11.8 Å². The topological polar surface area (TPSA) is 9.23 Å². The van der Waals surface area contributed by atoms with E-state index in [-0.39, 0.29) is 0 Å². The van der Waals surface area contributed by atoms with Crippen molar-refractivity contribution < 1.29 is 4.74 Å². The van der Waals surface area contributed by atoms with Gasteiger partial charge < -0.3 is 4.74 Å². The van der Waals surface area contributed by atoms with Crippen molar-refractivity contribution in [3.63, 3.8) is 0 Å². The Kier molecular flexibility index (Phi) is 4.11. The fourth-order valence-corrected chi connectivity index (χ4v) is 4.15. The minimum Gasteiger partial charge on any atom is -0.494 e. The molecule has 120 valence electrons. The van der Waals surface area contributed by atoms with E-state index < -0.39 is 0 Å². The molecule has 0 saturated heterocycles. The molecule has 0 amide bonds. The number of unbranched alkanes of at least 4 members (excludes halogenated alkanes) is 1. The van der Waals surface area contributed by atoms with Crippen molar-refractivity contribution in [1.82, 2.24) is 0 Å². The molecule has 0 spiro atoms. The van der Waals surface area contributed by atoms with Gasteiger partial charge in [0.05, 0.1) is 6.61 Å². The monoisotopic (exact) mass is 306 g/mol. The van der Waals surface area contributed by atoms with Gasteiger partial charge in [0.25, 0.3) is 0 Å². The summed E-state index contributed by atoms with van der Waals surface area (Å²) in [6.07, 6.45) is 10.4. The van der Waals surface area contributed by atoms with Crippen LogP contribution in [0.25, 0.3) is 16.3 Å². The summed E-state index contributed by atoms with van der Waals surface area (Å²) in [4.78, 5) is 0. The zero-order valence-corrected chi connectivity index (χ0v) is 14.1.